The van der Waals surface area contributed by atoms with E-state index in [1.807, 2.05) is 23.8 Å². The van der Waals surface area contributed by atoms with Gasteiger partial charge in [0.2, 0.25) is 5.95 Å². The number of piperazine rings is 1. The maximum absolute atomic E-state index is 15.6. The number of carbonyl (C=O) groups is 1. The van der Waals surface area contributed by atoms with Crippen LogP contribution in [0.15, 0.2) is 30.7 Å². The van der Waals surface area contributed by atoms with Gasteiger partial charge in [-0.3, -0.25) is 9.48 Å². The summed E-state index contributed by atoms with van der Waals surface area (Å²) >= 11 is 0. The number of ether oxygens (including phenoxy) is 1. The first-order valence-electron chi connectivity index (χ1n) is 12.9. The van der Waals surface area contributed by atoms with Crippen molar-refractivity contribution in [2.24, 2.45) is 7.05 Å². The lowest BCUT2D eigenvalue weighted by Crippen LogP contribution is -2.50. The highest BCUT2D eigenvalue weighted by molar-refractivity contribution is 6.07. The quantitative estimate of drug-likeness (QED) is 0.474. The zero-order valence-corrected chi connectivity index (χ0v) is 22.4. The van der Waals surface area contributed by atoms with Crippen molar-refractivity contribution in [2.45, 2.75) is 19.1 Å². The Bertz CT molecular complexity index is 1370. The van der Waals surface area contributed by atoms with E-state index in [0.29, 0.717) is 63.1 Å². The van der Waals surface area contributed by atoms with Crippen molar-refractivity contribution in [2.75, 3.05) is 68.1 Å². The van der Waals surface area contributed by atoms with E-state index in [1.54, 1.807) is 0 Å². The number of hydrogen-bond acceptors (Lipinski definition) is 8. The number of aryl methyl sites for hydroxylation is 1. The molecule has 14 heteroatoms. The number of benzene rings is 1. The maximum Gasteiger partial charge on any atom is 0.435 e. The number of carbonyl (C=O) groups excluding carboxylic acids is 1. The first kappa shape index (κ1) is 27.8. The Balaban J connectivity index is 1.51. The summed E-state index contributed by atoms with van der Waals surface area (Å²) in [6.45, 7) is 6.18. The van der Waals surface area contributed by atoms with Gasteiger partial charge in [-0.05, 0) is 26.1 Å². The van der Waals surface area contributed by atoms with Gasteiger partial charge in [0.15, 0.2) is 5.69 Å². The van der Waals surface area contributed by atoms with Crippen LogP contribution in [0.1, 0.15) is 23.0 Å². The Morgan fingerprint density at radius 2 is 1.75 bits per heavy atom. The molecule has 40 heavy (non-hydrogen) atoms. The molecule has 1 amide bonds. The van der Waals surface area contributed by atoms with Crippen LogP contribution in [0, 0.1) is 5.82 Å². The second-order valence-corrected chi connectivity index (χ2v) is 10.0. The lowest BCUT2D eigenvalue weighted by molar-refractivity contribution is -0.141. The first-order valence-corrected chi connectivity index (χ1v) is 12.9. The molecule has 0 aliphatic carbocycles. The van der Waals surface area contributed by atoms with Crippen LogP contribution in [0.4, 0.5) is 34.9 Å². The minimum atomic E-state index is -4.82. The molecule has 2 aliphatic rings. The number of nitrogens with zero attached hydrogens (tertiary/aromatic N) is 7. The van der Waals surface area contributed by atoms with Gasteiger partial charge in [-0.2, -0.15) is 18.3 Å². The summed E-state index contributed by atoms with van der Waals surface area (Å²) in [5, 5.41) is 6.03. The van der Waals surface area contributed by atoms with Gasteiger partial charge in [-0.25, -0.2) is 14.4 Å². The molecule has 2 aliphatic heterocycles. The Morgan fingerprint density at radius 3 is 2.40 bits per heavy atom. The number of anilines is 3. The minimum absolute atomic E-state index is 0.108. The highest BCUT2D eigenvalue weighted by Crippen LogP contribution is 2.36. The van der Waals surface area contributed by atoms with E-state index in [9.17, 15) is 18.0 Å². The fourth-order valence-corrected chi connectivity index (χ4v) is 4.85. The number of halogens is 4. The molecule has 5 rings (SSSR count). The van der Waals surface area contributed by atoms with E-state index in [2.05, 4.69) is 25.3 Å². The largest absolute Gasteiger partial charge is 0.435 e. The molecule has 0 spiro atoms. The van der Waals surface area contributed by atoms with Crippen LogP contribution in [0.3, 0.4) is 0 Å². The van der Waals surface area contributed by atoms with Crippen LogP contribution >= 0.6 is 0 Å². The second kappa shape index (κ2) is 11.0. The van der Waals surface area contributed by atoms with Crippen LogP contribution in [-0.4, -0.2) is 89.6 Å². The Morgan fingerprint density at radius 1 is 1.05 bits per heavy atom. The van der Waals surface area contributed by atoms with Crippen molar-refractivity contribution >= 4 is 23.2 Å². The summed E-state index contributed by atoms with van der Waals surface area (Å²) in [4.78, 5) is 28.0. The molecule has 4 heterocycles. The standard InChI is InChI=1S/C26H30F4N8O2/c1-16-14-38(5-4-35(16)2)22-11-20(27)18(17-12-31-25(32-13-17)37-6-8-40-9-7-37)10-21(22)33-24(39)19-15-36(3)34-23(19)26(28,29)30/h10-13,15-16H,4-9,14H2,1-3H3,(H,33,39)/t16-/m0/s1. The van der Waals surface area contributed by atoms with Gasteiger partial charge in [0.1, 0.15) is 5.82 Å². The number of morpholine rings is 1. The molecular weight excluding hydrogens is 532 g/mol. The van der Waals surface area contributed by atoms with Crippen LogP contribution in [0.5, 0.6) is 0 Å². The van der Waals surface area contributed by atoms with Gasteiger partial charge in [0, 0.05) is 75.5 Å². The topological polar surface area (TPSA) is 91.7 Å². The SMILES string of the molecule is C[C@H]1CN(c2cc(F)c(-c3cnc(N4CCOCC4)nc3)cc2NC(=O)c2cn(C)nc2C(F)(F)F)CCN1C. The van der Waals surface area contributed by atoms with Crippen LogP contribution in [0.2, 0.25) is 0 Å². The molecular formula is C26H30F4N8O2. The third kappa shape index (κ3) is 5.72. The van der Waals surface area contributed by atoms with Crippen LogP contribution < -0.4 is 15.1 Å². The maximum atomic E-state index is 15.6. The number of amides is 1. The van der Waals surface area contributed by atoms with E-state index >= 15 is 4.39 Å². The first-order chi connectivity index (χ1) is 19.0. The van der Waals surface area contributed by atoms with Crippen molar-refractivity contribution in [1.82, 2.24) is 24.6 Å². The highest BCUT2D eigenvalue weighted by Gasteiger charge is 2.39. The molecule has 10 nitrogen and oxygen atoms in total. The minimum Gasteiger partial charge on any atom is -0.378 e. The molecule has 3 aromatic rings. The molecule has 1 N–H and O–H groups in total. The van der Waals surface area contributed by atoms with E-state index in [1.165, 1.54) is 31.6 Å². The summed E-state index contributed by atoms with van der Waals surface area (Å²) in [7, 11) is 3.29. The number of alkyl halides is 3. The van der Waals surface area contributed by atoms with Gasteiger partial charge in [-0.15, -0.1) is 0 Å². The Kier molecular flexibility index (Phi) is 7.64. The average molecular weight is 563 g/mol. The third-order valence-corrected chi connectivity index (χ3v) is 7.22. The Labute approximate surface area is 228 Å². The van der Waals surface area contributed by atoms with Crippen molar-refractivity contribution in [1.29, 1.82) is 0 Å². The lowest BCUT2D eigenvalue weighted by Gasteiger charge is -2.39. The molecule has 1 aromatic carbocycles. The van der Waals surface area contributed by atoms with Crippen LogP contribution in [-0.2, 0) is 18.0 Å². The smallest absolute Gasteiger partial charge is 0.378 e. The number of aromatic nitrogens is 4. The summed E-state index contributed by atoms with van der Waals surface area (Å²) in [6, 6.07) is 2.85. The highest BCUT2D eigenvalue weighted by atomic mass is 19.4. The van der Waals surface area contributed by atoms with Gasteiger partial charge in [0.05, 0.1) is 30.2 Å². The zero-order valence-electron chi connectivity index (χ0n) is 22.4. The summed E-state index contributed by atoms with van der Waals surface area (Å²) < 4.78 is 62.6. The fourth-order valence-electron chi connectivity index (χ4n) is 4.85. The van der Waals surface area contributed by atoms with E-state index < -0.39 is 29.2 Å². The Hall–Kier alpha value is -3.78. The molecule has 2 saturated heterocycles. The fraction of sp³-hybridized carbons (Fsp3) is 0.462. The van der Waals surface area contributed by atoms with Gasteiger partial charge >= 0.3 is 6.18 Å². The van der Waals surface area contributed by atoms with E-state index in [4.69, 9.17) is 4.74 Å². The van der Waals surface area contributed by atoms with Crippen molar-refractivity contribution in [3.8, 4) is 11.1 Å². The van der Waals surface area contributed by atoms with Crippen molar-refractivity contribution in [3.05, 3.63) is 47.8 Å². The van der Waals surface area contributed by atoms with E-state index in [0.717, 1.165) is 10.9 Å². The van der Waals surface area contributed by atoms with Gasteiger partial charge in [-0.1, -0.05) is 0 Å². The predicted molar refractivity (Wildman–Crippen MR) is 141 cm³/mol. The lowest BCUT2D eigenvalue weighted by atomic mass is 10.0. The summed E-state index contributed by atoms with van der Waals surface area (Å²) in [6.07, 6.45) is -0.833. The third-order valence-electron chi connectivity index (χ3n) is 7.22. The van der Waals surface area contributed by atoms with Gasteiger partial charge < -0.3 is 24.8 Å². The molecule has 2 aromatic heterocycles. The predicted octanol–water partition coefficient (Wildman–Crippen LogP) is 3.26. The molecule has 1 atom stereocenters. The van der Waals surface area contributed by atoms with Crippen molar-refractivity contribution < 1.29 is 27.1 Å². The number of rotatable bonds is 5. The molecule has 2 fully saturated rings. The molecule has 0 radical (unpaired) electrons. The molecule has 0 saturated carbocycles. The number of hydrogen-bond donors (Lipinski definition) is 1. The monoisotopic (exact) mass is 562 g/mol. The number of likely N-dealkylation sites (N-methyl/N-ethyl adjacent to an activating group) is 1. The summed E-state index contributed by atoms with van der Waals surface area (Å²) in [5.74, 6) is -1.08. The molecule has 0 unspecified atom stereocenters. The van der Waals surface area contributed by atoms with Crippen LogP contribution in [0.25, 0.3) is 11.1 Å². The van der Waals surface area contributed by atoms with E-state index in [-0.39, 0.29) is 17.3 Å². The second-order valence-electron chi connectivity index (χ2n) is 10.0. The molecule has 214 valence electrons. The number of nitrogens with one attached hydrogen (secondary N) is 1. The van der Waals surface area contributed by atoms with Gasteiger partial charge in [0.25, 0.3) is 5.91 Å². The normalized spacial score (nSPS) is 18.7. The van der Waals surface area contributed by atoms with Crippen molar-refractivity contribution in [3.63, 3.8) is 0 Å². The zero-order chi connectivity index (χ0) is 28.6. The average Bonchev–Trinajstić information content (AvgIpc) is 3.34. The summed E-state index contributed by atoms with van der Waals surface area (Å²) in [5.41, 5.74) is -0.906. The molecule has 0 bridgehead atoms.